The van der Waals surface area contributed by atoms with E-state index in [2.05, 4.69) is 0 Å². The zero-order valence-electron chi connectivity index (χ0n) is 10.2. The average molecular weight is 230 g/mol. The number of ether oxygens (including phenoxy) is 2. The summed E-state index contributed by atoms with van der Waals surface area (Å²) < 4.78 is 10.4. The Morgan fingerprint density at radius 3 is 2.50 bits per heavy atom. The van der Waals surface area contributed by atoms with Crippen LogP contribution in [0.3, 0.4) is 0 Å². The Balaban J connectivity index is 2.39. The normalized spacial score (nSPS) is 21.6. The lowest BCUT2D eigenvalue weighted by atomic mass is 9.90. The summed E-state index contributed by atoms with van der Waals surface area (Å²) in [6, 6.07) is 0. The molecular weight excluding hydrogens is 208 g/mol. The summed E-state index contributed by atoms with van der Waals surface area (Å²) >= 11 is 0. The molecule has 1 N–H and O–H groups in total. The molecule has 1 atom stereocenters. The Kier molecular flexibility index (Phi) is 5.22. The van der Waals surface area contributed by atoms with Gasteiger partial charge in [0.1, 0.15) is 0 Å². The summed E-state index contributed by atoms with van der Waals surface area (Å²) in [5, 5.41) is 9.09. The minimum Gasteiger partial charge on any atom is -0.479 e. The highest BCUT2D eigenvalue weighted by Crippen LogP contribution is 2.25. The second kappa shape index (κ2) is 6.21. The van der Waals surface area contributed by atoms with Crippen molar-refractivity contribution in [3.05, 3.63) is 0 Å². The van der Waals surface area contributed by atoms with Gasteiger partial charge in [-0.3, -0.25) is 0 Å². The van der Waals surface area contributed by atoms with Crippen LogP contribution in [-0.4, -0.2) is 37.0 Å². The van der Waals surface area contributed by atoms with Crippen molar-refractivity contribution in [2.24, 2.45) is 5.92 Å². The lowest BCUT2D eigenvalue weighted by Crippen LogP contribution is -2.44. The van der Waals surface area contributed by atoms with E-state index >= 15 is 0 Å². The van der Waals surface area contributed by atoms with Crippen LogP contribution in [0.4, 0.5) is 0 Å². The maximum Gasteiger partial charge on any atom is 0.338 e. The molecule has 94 valence electrons. The molecule has 0 bridgehead atoms. The highest BCUT2D eigenvalue weighted by atomic mass is 16.6. The molecule has 1 fully saturated rings. The van der Waals surface area contributed by atoms with E-state index in [1.54, 1.807) is 6.92 Å². The van der Waals surface area contributed by atoms with Crippen molar-refractivity contribution in [3.63, 3.8) is 0 Å². The van der Waals surface area contributed by atoms with Crippen molar-refractivity contribution >= 4 is 5.97 Å². The van der Waals surface area contributed by atoms with Gasteiger partial charge in [-0.15, -0.1) is 0 Å². The van der Waals surface area contributed by atoms with Gasteiger partial charge in [0.15, 0.2) is 5.60 Å². The Morgan fingerprint density at radius 1 is 1.38 bits per heavy atom. The Labute approximate surface area is 96.9 Å². The highest BCUT2D eigenvalue weighted by Gasteiger charge is 2.35. The minimum absolute atomic E-state index is 0.0923. The van der Waals surface area contributed by atoms with Gasteiger partial charge in [0.25, 0.3) is 0 Å². The molecule has 1 saturated carbocycles. The fourth-order valence-corrected chi connectivity index (χ4v) is 2.10. The molecule has 1 rings (SSSR count). The van der Waals surface area contributed by atoms with Crippen molar-refractivity contribution < 1.29 is 19.4 Å². The fraction of sp³-hybridized carbons (Fsp3) is 0.917. The molecule has 0 aliphatic heterocycles. The topological polar surface area (TPSA) is 55.8 Å². The van der Waals surface area contributed by atoms with Crippen LogP contribution in [0.2, 0.25) is 0 Å². The third kappa shape index (κ3) is 3.76. The van der Waals surface area contributed by atoms with Crippen LogP contribution in [0.25, 0.3) is 0 Å². The van der Waals surface area contributed by atoms with Crippen LogP contribution in [0.15, 0.2) is 0 Å². The summed E-state index contributed by atoms with van der Waals surface area (Å²) in [4.78, 5) is 11.1. The van der Waals surface area contributed by atoms with E-state index in [9.17, 15) is 4.79 Å². The lowest BCUT2D eigenvalue weighted by molar-refractivity contribution is -0.172. The molecule has 0 aromatic carbocycles. The SMILES string of the molecule is COCC(C)(OCC1CCCCC1)C(=O)O. The first kappa shape index (κ1) is 13.5. The molecular formula is C12H22O4. The third-order valence-electron chi connectivity index (χ3n) is 3.23. The predicted molar refractivity (Wildman–Crippen MR) is 60.4 cm³/mol. The number of carboxylic acids is 1. The maximum absolute atomic E-state index is 11.1. The summed E-state index contributed by atoms with van der Waals surface area (Å²) in [5.74, 6) is -0.436. The van der Waals surface area contributed by atoms with E-state index in [1.807, 2.05) is 0 Å². The first-order valence-electron chi connectivity index (χ1n) is 5.95. The van der Waals surface area contributed by atoms with Crippen LogP contribution in [0.1, 0.15) is 39.0 Å². The summed E-state index contributed by atoms with van der Waals surface area (Å²) in [7, 11) is 1.49. The molecule has 1 aliphatic carbocycles. The molecule has 4 nitrogen and oxygen atoms in total. The van der Waals surface area contributed by atoms with Gasteiger partial charge in [-0.2, -0.15) is 0 Å². The number of carbonyl (C=O) groups is 1. The standard InChI is InChI=1S/C12H22O4/c1-12(9-15-2,11(13)14)16-8-10-6-4-3-5-7-10/h10H,3-9H2,1-2H3,(H,13,14). The first-order valence-corrected chi connectivity index (χ1v) is 5.95. The molecule has 1 aliphatic rings. The van der Waals surface area contributed by atoms with Gasteiger partial charge < -0.3 is 14.6 Å². The molecule has 0 radical (unpaired) electrons. The van der Waals surface area contributed by atoms with Crippen LogP contribution in [-0.2, 0) is 14.3 Å². The molecule has 0 heterocycles. The molecule has 0 amide bonds. The average Bonchev–Trinajstić information content (AvgIpc) is 2.28. The molecule has 0 aromatic rings. The number of carboxylic acid groups (broad SMARTS) is 1. The second-order valence-corrected chi connectivity index (χ2v) is 4.78. The van der Waals surface area contributed by atoms with Gasteiger partial charge in [-0.05, 0) is 25.7 Å². The quantitative estimate of drug-likeness (QED) is 0.759. The van der Waals surface area contributed by atoms with Gasteiger partial charge in [-0.25, -0.2) is 4.79 Å². The van der Waals surface area contributed by atoms with Gasteiger partial charge in [-0.1, -0.05) is 19.3 Å². The predicted octanol–water partition coefficient (Wildman–Crippen LogP) is 2.07. The van der Waals surface area contributed by atoms with E-state index in [1.165, 1.54) is 26.4 Å². The van der Waals surface area contributed by atoms with E-state index in [4.69, 9.17) is 14.6 Å². The van der Waals surface area contributed by atoms with E-state index in [-0.39, 0.29) is 6.61 Å². The van der Waals surface area contributed by atoms with Gasteiger partial charge in [0.05, 0.1) is 13.2 Å². The largest absolute Gasteiger partial charge is 0.479 e. The Hall–Kier alpha value is -0.610. The van der Waals surface area contributed by atoms with Crippen LogP contribution in [0.5, 0.6) is 0 Å². The molecule has 16 heavy (non-hydrogen) atoms. The summed E-state index contributed by atoms with van der Waals surface area (Å²) in [6.07, 6.45) is 6.08. The molecule has 0 spiro atoms. The third-order valence-corrected chi connectivity index (χ3v) is 3.23. The van der Waals surface area contributed by atoms with Gasteiger partial charge in [0, 0.05) is 7.11 Å². The lowest BCUT2D eigenvalue weighted by Gasteiger charge is -2.28. The molecule has 1 unspecified atom stereocenters. The molecule has 0 saturated heterocycles. The smallest absolute Gasteiger partial charge is 0.338 e. The summed E-state index contributed by atoms with van der Waals surface area (Å²) in [6.45, 7) is 2.20. The zero-order valence-corrected chi connectivity index (χ0v) is 10.2. The molecule has 0 aromatic heterocycles. The van der Waals surface area contributed by atoms with Crippen LogP contribution >= 0.6 is 0 Å². The second-order valence-electron chi connectivity index (χ2n) is 4.78. The Bertz CT molecular complexity index is 223. The van der Waals surface area contributed by atoms with E-state index < -0.39 is 11.6 Å². The maximum atomic E-state index is 11.1. The van der Waals surface area contributed by atoms with E-state index in [0.29, 0.717) is 12.5 Å². The van der Waals surface area contributed by atoms with Crippen molar-refractivity contribution in [2.75, 3.05) is 20.3 Å². The first-order chi connectivity index (χ1) is 7.58. The van der Waals surface area contributed by atoms with E-state index in [0.717, 1.165) is 12.8 Å². The monoisotopic (exact) mass is 230 g/mol. The zero-order chi connectivity index (χ0) is 12.0. The van der Waals surface area contributed by atoms with Crippen LogP contribution in [0, 0.1) is 5.92 Å². The Morgan fingerprint density at radius 2 is 2.00 bits per heavy atom. The minimum atomic E-state index is -1.20. The fourth-order valence-electron chi connectivity index (χ4n) is 2.10. The van der Waals surface area contributed by atoms with Crippen molar-refractivity contribution in [1.82, 2.24) is 0 Å². The molecule has 4 heteroatoms. The number of hydrogen-bond donors (Lipinski definition) is 1. The number of hydrogen-bond acceptors (Lipinski definition) is 3. The van der Waals surface area contributed by atoms with Crippen molar-refractivity contribution in [1.29, 1.82) is 0 Å². The number of rotatable bonds is 6. The van der Waals surface area contributed by atoms with Gasteiger partial charge >= 0.3 is 5.97 Å². The summed E-state index contributed by atoms with van der Waals surface area (Å²) in [5.41, 5.74) is -1.20. The van der Waals surface area contributed by atoms with Crippen molar-refractivity contribution in [2.45, 2.75) is 44.6 Å². The van der Waals surface area contributed by atoms with Crippen molar-refractivity contribution in [3.8, 4) is 0 Å². The highest BCUT2D eigenvalue weighted by molar-refractivity contribution is 5.77. The number of aliphatic carboxylic acids is 1. The van der Waals surface area contributed by atoms with Crippen LogP contribution < -0.4 is 0 Å². The van der Waals surface area contributed by atoms with Gasteiger partial charge in [0.2, 0.25) is 0 Å². The number of methoxy groups -OCH3 is 1.